The third kappa shape index (κ3) is 3.80. The second-order valence-electron chi connectivity index (χ2n) is 3.90. The highest BCUT2D eigenvalue weighted by Crippen LogP contribution is 2.19. The molecule has 3 N–H and O–H groups in total. The fourth-order valence-corrected chi connectivity index (χ4v) is 1.43. The van der Waals surface area contributed by atoms with Gasteiger partial charge in [0.1, 0.15) is 0 Å². The summed E-state index contributed by atoms with van der Waals surface area (Å²) in [5.74, 6) is 0. The Kier molecular flexibility index (Phi) is 4.43. The molecule has 0 spiro atoms. The Hall–Kier alpha value is -1.22. The van der Waals surface area contributed by atoms with Gasteiger partial charge in [-0.05, 0) is 38.0 Å². The van der Waals surface area contributed by atoms with Crippen LogP contribution in [-0.4, -0.2) is 19.8 Å². The predicted molar refractivity (Wildman–Crippen MR) is 65.2 cm³/mol. The Bertz CT molecular complexity index is 312. The quantitative estimate of drug-likeness (QED) is 0.730. The highest BCUT2D eigenvalue weighted by molar-refractivity contribution is 5.59. The number of methoxy groups -OCH3 is 1. The van der Waals surface area contributed by atoms with E-state index in [0.29, 0.717) is 6.04 Å². The molecule has 0 heterocycles. The second kappa shape index (κ2) is 5.61. The van der Waals surface area contributed by atoms with Crippen LogP contribution in [0.2, 0.25) is 0 Å². The number of rotatable bonds is 5. The molecule has 84 valence electrons. The van der Waals surface area contributed by atoms with Crippen molar-refractivity contribution in [2.24, 2.45) is 0 Å². The van der Waals surface area contributed by atoms with Crippen molar-refractivity contribution in [2.75, 3.05) is 24.8 Å². The van der Waals surface area contributed by atoms with Crippen LogP contribution in [0.25, 0.3) is 0 Å². The number of hydrogen-bond donors (Lipinski definition) is 2. The number of benzene rings is 1. The van der Waals surface area contributed by atoms with Crippen molar-refractivity contribution in [1.29, 1.82) is 0 Å². The maximum absolute atomic E-state index is 5.74. The van der Waals surface area contributed by atoms with Crippen molar-refractivity contribution in [1.82, 2.24) is 0 Å². The van der Waals surface area contributed by atoms with Crippen LogP contribution in [0.3, 0.4) is 0 Å². The van der Waals surface area contributed by atoms with Crippen molar-refractivity contribution in [3.8, 4) is 0 Å². The molecule has 3 heteroatoms. The number of hydrogen-bond acceptors (Lipinski definition) is 3. The molecule has 1 rings (SSSR count). The lowest BCUT2D eigenvalue weighted by Crippen LogP contribution is -2.17. The molecule has 1 aromatic carbocycles. The third-order valence-corrected chi connectivity index (χ3v) is 2.42. The van der Waals surface area contributed by atoms with E-state index in [0.717, 1.165) is 24.4 Å². The van der Waals surface area contributed by atoms with Crippen molar-refractivity contribution < 1.29 is 4.74 Å². The van der Waals surface area contributed by atoms with E-state index >= 15 is 0 Å². The summed E-state index contributed by atoms with van der Waals surface area (Å²) in [5.41, 5.74) is 8.86. The Balaban J connectivity index is 2.59. The fraction of sp³-hybridized carbons (Fsp3) is 0.500. The molecule has 0 bridgehead atoms. The molecule has 0 aliphatic rings. The molecular weight excluding hydrogens is 188 g/mol. The second-order valence-corrected chi connectivity index (χ2v) is 3.90. The Morgan fingerprint density at radius 2 is 2.20 bits per heavy atom. The minimum Gasteiger partial charge on any atom is -0.399 e. The molecular formula is C12H20N2O. The molecule has 0 saturated heterocycles. The Morgan fingerprint density at radius 3 is 2.87 bits per heavy atom. The van der Waals surface area contributed by atoms with E-state index in [1.807, 2.05) is 18.2 Å². The van der Waals surface area contributed by atoms with Gasteiger partial charge in [0.2, 0.25) is 0 Å². The Labute approximate surface area is 91.6 Å². The van der Waals surface area contributed by atoms with Gasteiger partial charge in [0.15, 0.2) is 0 Å². The summed E-state index contributed by atoms with van der Waals surface area (Å²) in [5, 5.41) is 3.43. The van der Waals surface area contributed by atoms with Crippen molar-refractivity contribution >= 4 is 11.4 Å². The first-order valence-corrected chi connectivity index (χ1v) is 5.25. The van der Waals surface area contributed by atoms with Gasteiger partial charge in [-0.2, -0.15) is 0 Å². The van der Waals surface area contributed by atoms with Crippen LogP contribution in [0.5, 0.6) is 0 Å². The summed E-state index contributed by atoms with van der Waals surface area (Å²) in [4.78, 5) is 0. The number of nitrogen functional groups attached to an aromatic ring is 1. The van der Waals surface area contributed by atoms with Gasteiger partial charge in [-0.25, -0.2) is 0 Å². The van der Waals surface area contributed by atoms with Gasteiger partial charge in [0.05, 0.1) is 0 Å². The van der Waals surface area contributed by atoms with Crippen LogP contribution in [0.4, 0.5) is 11.4 Å². The van der Waals surface area contributed by atoms with E-state index < -0.39 is 0 Å². The number of nitrogens with two attached hydrogens (primary N) is 1. The van der Waals surface area contributed by atoms with Crippen molar-refractivity contribution in [3.63, 3.8) is 0 Å². The normalized spacial score (nSPS) is 12.5. The van der Waals surface area contributed by atoms with E-state index in [1.54, 1.807) is 7.11 Å². The van der Waals surface area contributed by atoms with E-state index in [-0.39, 0.29) is 0 Å². The maximum Gasteiger partial charge on any atom is 0.0481 e. The molecule has 0 aliphatic carbocycles. The zero-order valence-electron chi connectivity index (χ0n) is 9.71. The third-order valence-electron chi connectivity index (χ3n) is 2.42. The molecule has 0 aliphatic heterocycles. The van der Waals surface area contributed by atoms with Crippen molar-refractivity contribution in [2.45, 2.75) is 26.3 Å². The van der Waals surface area contributed by atoms with Gasteiger partial charge in [-0.1, -0.05) is 6.07 Å². The smallest absolute Gasteiger partial charge is 0.0481 e. The predicted octanol–water partition coefficient (Wildman–Crippen LogP) is 2.41. The maximum atomic E-state index is 5.74. The average molecular weight is 208 g/mol. The van der Waals surface area contributed by atoms with Crippen LogP contribution in [0, 0.1) is 6.92 Å². The zero-order chi connectivity index (χ0) is 11.3. The summed E-state index contributed by atoms with van der Waals surface area (Å²) >= 11 is 0. The molecule has 3 nitrogen and oxygen atoms in total. The Morgan fingerprint density at radius 1 is 1.47 bits per heavy atom. The first-order valence-electron chi connectivity index (χ1n) is 5.25. The van der Waals surface area contributed by atoms with E-state index in [4.69, 9.17) is 10.5 Å². The van der Waals surface area contributed by atoms with Crippen LogP contribution in [0.15, 0.2) is 18.2 Å². The zero-order valence-corrected chi connectivity index (χ0v) is 9.71. The lowest BCUT2D eigenvalue weighted by Gasteiger charge is -2.17. The van der Waals surface area contributed by atoms with Gasteiger partial charge < -0.3 is 15.8 Å². The number of nitrogens with one attached hydrogen (secondary N) is 1. The molecule has 1 atom stereocenters. The van der Waals surface area contributed by atoms with Crippen LogP contribution < -0.4 is 11.1 Å². The largest absolute Gasteiger partial charge is 0.399 e. The highest BCUT2D eigenvalue weighted by atomic mass is 16.5. The minimum absolute atomic E-state index is 0.394. The summed E-state index contributed by atoms with van der Waals surface area (Å²) in [7, 11) is 1.72. The van der Waals surface area contributed by atoms with Gasteiger partial charge >= 0.3 is 0 Å². The molecule has 0 radical (unpaired) electrons. The van der Waals surface area contributed by atoms with Crippen LogP contribution in [0.1, 0.15) is 18.9 Å². The summed E-state index contributed by atoms with van der Waals surface area (Å²) < 4.78 is 5.04. The lowest BCUT2D eigenvalue weighted by atomic mass is 10.1. The molecule has 15 heavy (non-hydrogen) atoms. The van der Waals surface area contributed by atoms with E-state index in [1.165, 1.54) is 5.56 Å². The van der Waals surface area contributed by atoms with Gasteiger partial charge in [-0.15, -0.1) is 0 Å². The van der Waals surface area contributed by atoms with E-state index in [9.17, 15) is 0 Å². The molecule has 0 aromatic heterocycles. The monoisotopic (exact) mass is 208 g/mol. The molecule has 1 unspecified atom stereocenters. The number of aryl methyl sites for hydroxylation is 1. The summed E-state index contributed by atoms with van der Waals surface area (Å²) in [6, 6.07) is 6.31. The number of ether oxygens (including phenoxy) is 1. The lowest BCUT2D eigenvalue weighted by molar-refractivity contribution is 0.191. The molecule has 0 amide bonds. The number of anilines is 2. The molecule has 0 fully saturated rings. The minimum atomic E-state index is 0.394. The summed E-state index contributed by atoms with van der Waals surface area (Å²) in [6.45, 7) is 4.99. The van der Waals surface area contributed by atoms with Crippen molar-refractivity contribution in [3.05, 3.63) is 23.8 Å². The average Bonchev–Trinajstić information content (AvgIpc) is 2.20. The van der Waals surface area contributed by atoms with Crippen LogP contribution >= 0.6 is 0 Å². The van der Waals surface area contributed by atoms with Gasteiger partial charge in [0, 0.05) is 31.1 Å². The topological polar surface area (TPSA) is 47.3 Å². The first kappa shape index (κ1) is 11.9. The first-order chi connectivity index (χ1) is 7.13. The van der Waals surface area contributed by atoms with E-state index in [2.05, 4.69) is 19.2 Å². The highest BCUT2D eigenvalue weighted by Gasteiger charge is 2.04. The molecule has 0 saturated carbocycles. The van der Waals surface area contributed by atoms with Gasteiger partial charge in [-0.3, -0.25) is 0 Å². The fourth-order valence-electron chi connectivity index (χ4n) is 1.43. The summed E-state index contributed by atoms with van der Waals surface area (Å²) in [6.07, 6.45) is 0.991. The molecule has 1 aromatic rings. The van der Waals surface area contributed by atoms with Gasteiger partial charge in [0.25, 0.3) is 0 Å². The van der Waals surface area contributed by atoms with Crippen LogP contribution in [-0.2, 0) is 4.74 Å². The SMILES string of the molecule is COCCC(C)Nc1cc(N)ccc1C. The standard InChI is InChI=1S/C12H20N2O/c1-9-4-5-11(13)8-12(9)14-10(2)6-7-15-3/h4-5,8,10,14H,6-7,13H2,1-3H3.